The van der Waals surface area contributed by atoms with Gasteiger partial charge in [-0.2, -0.15) is 0 Å². The van der Waals surface area contributed by atoms with Gasteiger partial charge in [0.15, 0.2) is 0 Å². The van der Waals surface area contributed by atoms with E-state index in [9.17, 15) is 0 Å². The van der Waals surface area contributed by atoms with Crippen LogP contribution in [0, 0.1) is 0 Å². The Hall–Kier alpha value is -8.66. The van der Waals surface area contributed by atoms with Crippen LogP contribution in [0.2, 0.25) is 0 Å². The van der Waals surface area contributed by atoms with Crippen LogP contribution in [0.3, 0.4) is 0 Å². The van der Waals surface area contributed by atoms with E-state index >= 15 is 0 Å². The van der Waals surface area contributed by atoms with Gasteiger partial charge in [-0.05, 0) is 153 Å². The quantitative estimate of drug-likeness (QED) is 0.120. The van der Waals surface area contributed by atoms with Crippen molar-refractivity contribution in [2.24, 2.45) is 0 Å². The van der Waals surface area contributed by atoms with E-state index in [0.29, 0.717) is 0 Å². The van der Waals surface area contributed by atoms with Gasteiger partial charge in [0.2, 0.25) is 0 Å². The van der Waals surface area contributed by atoms with Crippen molar-refractivity contribution in [3.63, 3.8) is 0 Å². The second kappa shape index (κ2) is 17.6. The maximum absolute atomic E-state index is 2.34. The first-order valence-electron chi connectivity index (χ1n) is 22.2. The number of hydrogen-bond acceptors (Lipinski definition) is 3. The molecule has 0 aliphatic carbocycles. The highest BCUT2D eigenvalue weighted by atomic mass is 15.2. The molecule has 11 aromatic rings. The first-order chi connectivity index (χ1) is 32.2. The Balaban J connectivity index is 0.862. The molecule has 0 atom stereocenters. The largest absolute Gasteiger partial charge is 0.311 e. The Morgan fingerprint density at radius 1 is 0.169 bits per heavy atom. The van der Waals surface area contributed by atoms with Crippen molar-refractivity contribution in [1.29, 1.82) is 0 Å². The molecule has 0 bridgehead atoms. The van der Waals surface area contributed by atoms with Crippen LogP contribution in [0.15, 0.2) is 273 Å². The van der Waals surface area contributed by atoms with Crippen LogP contribution in [0.5, 0.6) is 0 Å². The van der Waals surface area contributed by atoms with Gasteiger partial charge in [-0.1, -0.05) is 164 Å². The number of para-hydroxylation sites is 5. The molecule has 3 nitrogen and oxygen atoms in total. The van der Waals surface area contributed by atoms with Crippen LogP contribution < -0.4 is 14.7 Å². The number of rotatable bonds is 11. The average molecular weight is 832 g/mol. The van der Waals surface area contributed by atoms with E-state index in [1.165, 1.54) is 43.8 Å². The standard InChI is InChI=1S/C62H45N3/c1-6-16-52(17-7-1)63(53-18-8-2-9-19-53)57-36-32-48(33-37-57)46-26-28-47(29-27-46)49-34-38-58(39-35-49)65(56-24-14-5-15-25-56)60-41-43-62-51(45-60)31-30-50-44-59(40-42-61(50)62)64(54-20-10-3-11-21-54)55-22-12-4-13-23-55/h1-45H. The molecular weight excluding hydrogens is 787 g/mol. The molecule has 0 fully saturated rings. The Kier molecular flexibility index (Phi) is 10.6. The zero-order chi connectivity index (χ0) is 43.4. The lowest BCUT2D eigenvalue weighted by atomic mass is 9.99. The molecule has 11 rings (SSSR count). The van der Waals surface area contributed by atoms with Crippen molar-refractivity contribution in [3.05, 3.63) is 273 Å². The topological polar surface area (TPSA) is 9.72 Å². The van der Waals surface area contributed by atoms with Crippen molar-refractivity contribution in [2.45, 2.75) is 0 Å². The van der Waals surface area contributed by atoms with Gasteiger partial charge in [0.05, 0.1) is 0 Å². The lowest BCUT2D eigenvalue weighted by Crippen LogP contribution is -2.10. The Labute approximate surface area is 381 Å². The number of benzene rings is 11. The van der Waals surface area contributed by atoms with Crippen molar-refractivity contribution < 1.29 is 0 Å². The summed E-state index contributed by atoms with van der Waals surface area (Å²) in [6.07, 6.45) is 0. The highest BCUT2D eigenvalue weighted by molar-refractivity contribution is 6.09. The first kappa shape index (κ1) is 39.2. The summed E-state index contributed by atoms with van der Waals surface area (Å²) in [4.78, 5) is 6.95. The van der Waals surface area contributed by atoms with Crippen molar-refractivity contribution in [1.82, 2.24) is 0 Å². The molecule has 0 aromatic heterocycles. The predicted octanol–water partition coefficient (Wildman–Crippen LogP) is 17.7. The van der Waals surface area contributed by atoms with Crippen LogP contribution in [-0.4, -0.2) is 0 Å². The summed E-state index contributed by atoms with van der Waals surface area (Å²) in [6, 6.07) is 97.7. The molecule has 65 heavy (non-hydrogen) atoms. The molecule has 3 heteroatoms. The molecule has 0 aliphatic heterocycles. The molecular formula is C62H45N3. The third-order valence-corrected chi connectivity index (χ3v) is 12.2. The molecule has 0 saturated heterocycles. The fraction of sp³-hybridized carbons (Fsp3) is 0. The summed E-state index contributed by atoms with van der Waals surface area (Å²) in [5.74, 6) is 0. The summed E-state index contributed by atoms with van der Waals surface area (Å²) in [5, 5.41) is 4.86. The van der Waals surface area contributed by atoms with Gasteiger partial charge in [-0.25, -0.2) is 0 Å². The van der Waals surface area contributed by atoms with Gasteiger partial charge in [0.25, 0.3) is 0 Å². The lowest BCUT2D eigenvalue weighted by molar-refractivity contribution is 1.28. The van der Waals surface area contributed by atoms with Crippen molar-refractivity contribution >= 4 is 72.7 Å². The maximum atomic E-state index is 2.34. The molecule has 0 radical (unpaired) electrons. The highest BCUT2D eigenvalue weighted by Crippen LogP contribution is 2.41. The van der Waals surface area contributed by atoms with Crippen molar-refractivity contribution in [2.75, 3.05) is 14.7 Å². The van der Waals surface area contributed by atoms with Gasteiger partial charge in [-0.3, -0.25) is 0 Å². The summed E-state index contributed by atoms with van der Waals surface area (Å²) >= 11 is 0. The zero-order valence-corrected chi connectivity index (χ0v) is 35.8. The van der Waals surface area contributed by atoms with Gasteiger partial charge < -0.3 is 14.7 Å². The minimum absolute atomic E-state index is 1.10. The maximum Gasteiger partial charge on any atom is 0.0468 e. The monoisotopic (exact) mass is 831 g/mol. The smallest absolute Gasteiger partial charge is 0.0468 e. The molecule has 0 amide bonds. The fourth-order valence-corrected chi connectivity index (χ4v) is 9.01. The minimum atomic E-state index is 1.10. The van der Waals surface area contributed by atoms with Gasteiger partial charge in [0, 0.05) is 51.2 Å². The van der Waals surface area contributed by atoms with Crippen LogP contribution in [-0.2, 0) is 0 Å². The summed E-state index contributed by atoms with van der Waals surface area (Å²) in [6.45, 7) is 0. The molecule has 0 heterocycles. The van der Waals surface area contributed by atoms with E-state index in [1.54, 1.807) is 0 Å². The Morgan fingerprint density at radius 3 is 0.662 bits per heavy atom. The van der Waals surface area contributed by atoms with E-state index in [1.807, 2.05) is 0 Å². The minimum Gasteiger partial charge on any atom is -0.311 e. The van der Waals surface area contributed by atoms with Crippen molar-refractivity contribution in [3.8, 4) is 22.3 Å². The van der Waals surface area contributed by atoms with E-state index in [-0.39, 0.29) is 0 Å². The summed E-state index contributed by atoms with van der Waals surface area (Å²) in [7, 11) is 0. The number of anilines is 9. The van der Waals surface area contributed by atoms with Gasteiger partial charge in [-0.15, -0.1) is 0 Å². The van der Waals surface area contributed by atoms with E-state index < -0.39 is 0 Å². The lowest BCUT2D eigenvalue weighted by Gasteiger charge is -2.26. The molecule has 0 spiro atoms. The number of fused-ring (bicyclic) bond motifs is 3. The third-order valence-electron chi connectivity index (χ3n) is 12.2. The van der Waals surface area contributed by atoms with Gasteiger partial charge >= 0.3 is 0 Å². The summed E-state index contributed by atoms with van der Waals surface area (Å²) in [5.41, 5.74) is 14.8. The van der Waals surface area contributed by atoms with Crippen LogP contribution in [0.1, 0.15) is 0 Å². The van der Waals surface area contributed by atoms with Gasteiger partial charge in [0.1, 0.15) is 0 Å². The first-order valence-corrected chi connectivity index (χ1v) is 22.2. The molecule has 0 saturated carbocycles. The van der Waals surface area contributed by atoms with E-state index in [0.717, 1.165) is 51.2 Å². The zero-order valence-electron chi connectivity index (χ0n) is 35.8. The third kappa shape index (κ3) is 7.99. The summed E-state index contributed by atoms with van der Waals surface area (Å²) < 4.78 is 0. The van der Waals surface area contributed by atoms with Crippen LogP contribution in [0.25, 0.3) is 43.8 Å². The average Bonchev–Trinajstić information content (AvgIpc) is 3.38. The van der Waals surface area contributed by atoms with E-state index in [2.05, 4.69) is 288 Å². The number of nitrogens with zero attached hydrogens (tertiary/aromatic N) is 3. The molecule has 0 N–H and O–H groups in total. The van der Waals surface area contributed by atoms with Crippen LogP contribution >= 0.6 is 0 Å². The fourth-order valence-electron chi connectivity index (χ4n) is 9.01. The van der Waals surface area contributed by atoms with E-state index in [4.69, 9.17) is 0 Å². The molecule has 308 valence electrons. The molecule has 0 aliphatic rings. The predicted molar refractivity (Wildman–Crippen MR) is 276 cm³/mol. The Morgan fingerprint density at radius 2 is 0.385 bits per heavy atom. The Bertz CT molecular complexity index is 3240. The second-order valence-electron chi connectivity index (χ2n) is 16.2. The SMILES string of the molecule is c1ccc(N(c2ccccc2)c2ccc(-c3ccc(-c4ccc(N(c5ccccc5)c5ccc6c(ccc7cc(N(c8ccccc8)c8ccccc8)ccc76)c5)cc4)cc3)cc2)cc1. The van der Waals surface area contributed by atoms with Crippen LogP contribution in [0.4, 0.5) is 51.2 Å². The normalized spacial score (nSPS) is 11.1. The number of hydrogen-bond donors (Lipinski definition) is 0. The second-order valence-corrected chi connectivity index (χ2v) is 16.2. The molecule has 0 unspecified atom stereocenters. The highest BCUT2D eigenvalue weighted by Gasteiger charge is 2.17. The molecule has 11 aromatic carbocycles.